The third-order valence-electron chi connectivity index (χ3n) is 4.49. The molecule has 3 aromatic carbocycles. The van der Waals surface area contributed by atoms with Gasteiger partial charge in [0.2, 0.25) is 0 Å². The molecular weight excluding hydrogens is 428 g/mol. The molecular formula is C25H23ClN2O4. The zero-order valence-corrected chi connectivity index (χ0v) is 18.2. The maximum absolute atomic E-state index is 12.2. The average Bonchev–Trinajstić information content (AvgIpc) is 2.78. The Morgan fingerprint density at radius 2 is 1.88 bits per heavy atom. The van der Waals surface area contributed by atoms with Gasteiger partial charge in [0.05, 0.1) is 17.8 Å². The van der Waals surface area contributed by atoms with Crippen molar-refractivity contribution in [1.82, 2.24) is 5.43 Å². The van der Waals surface area contributed by atoms with Crippen molar-refractivity contribution in [3.8, 4) is 17.2 Å². The molecule has 7 heteroatoms. The second kappa shape index (κ2) is 11.0. The van der Waals surface area contributed by atoms with Crippen molar-refractivity contribution in [2.75, 3.05) is 6.61 Å². The Morgan fingerprint density at radius 3 is 2.59 bits per heavy atom. The normalized spacial score (nSPS) is 11.2. The number of nitrogens with zero attached hydrogens (tertiary/aromatic N) is 1. The van der Waals surface area contributed by atoms with Crippen LogP contribution in [-0.2, 0) is 6.42 Å². The third-order valence-corrected chi connectivity index (χ3v) is 4.80. The van der Waals surface area contributed by atoms with E-state index in [-0.39, 0.29) is 22.1 Å². The summed E-state index contributed by atoms with van der Waals surface area (Å²) in [6.45, 7) is 2.25. The minimum atomic E-state index is -0.485. The molecule has 3 aromatic rings. The lowest BCUT2D eigenvalue weighted by Gasteiger charge is -2.11. The number of hydrogen-bond donors (Lipinski definition) is 3. The number of hydrogen-bond acceptors (Lipinski definition) is 5. The molecule has 0 heterocycles. The van der Waals surface area contributed by atoms with Crippen LogP contribution in [0.25, 0.3) is 6.08 Å². The van der Waals surface area contributed by atoms with Crippen molar-refractivity contribution >= 4 is 29.8 Å². The number of carbonyl (C=O) groups excluding carboxylic acids is 1. The lowest BCUT2D eigenvalue weighted by Crippen LogP contribution is -2.17. The van der Waals surface area contributed by atoms with Crippen LogP contribution in [0.4, 0.5) is 0 Å². The van der Waals surface area contributed by atoms with Gasteiger partial charge in [-0.1, -0.05) is 54.1 Å². The summed E-state index contributed by atoms with van der Waals surface area (Å²) < 4.78 is 5.60. The first-order valence-corrected chi connectivity index (χ1v) is 10.4. The Bertz CT molecular complexity index is 1140. The number of amides is 1. The van der Waals surface area contributed by atoms with E-state index in [1.54, 1.807) is 6.07 Å². The van der Waals surface area contributed by atoms with Crippen LogP contribution in [0.5, 0.6) is 17.2 Å². The van der Waals surface area contributed by atoms with Crippen LogP contribution in [0, 0.1) is 0 Å². The molecule has 0 spiro atoms. The van der Waals surface area contributed by atoms with Gasteiger partial charge in [-0.15, -0.1) is 0 Å². The predicted molar refractivity (Wildman–Crippen MR) is 127 cm³/mol. The summed E-state index contributed by atoms with van der Waals surface area (Å²) >= 11 is 5.83. The first kappa shape index (κ1) is 22.9. The van der Waals surface area contributed by atoms with Gasteiger partial charge >= 0.3 is 0 Å². The standard InChI is InChI=1S/C25H23ClN2O4/c1-2-32-24-19(10-6-9-17-7-4-3-5-8-17)13-18(14-23(24)30)16-27-28-25(31)20-11-12-22(29)21(26)15-20/h3-8,10-16,29-30H,2,9H2,1H3,(H,28,31)/b10-6+,27-16+. The molecule has 0 saturated heterocycles. The molecule has 0 aliphatic carbocycles. The summed E-state index contributed by atoms with van der Waals surface area (Å²) in [6.07, 6.45) is 6.02. The number of benzene rings is 3. The highest BCUT2D eigenvalue weighted by Crippen LogP contribution is 2.32. The SMILES string of the molecule is CCOc1c(O)cc(/C=N/NC(=O)c2ccc(O)c(Cl)c2)cc1/C=C/Cc1ccccc1. The van der Waals surface area contributed by atoms with Crippen molar-refractivity contribution in [2.45, 2.75) is 13.3 Å². The number of allylic oxidation sites excluding steroid dienone is 1. The molecule has 0 saturated carbocycles. The molecule has 1 amide bonds. The number of carbonyl (C=O) groups is 1. The minimum absolute atomic E-state index is 0.0215. The average molecular weight is 451 g/mol. The number of phenolic OH excluding ortho intramolecular Hbond substituents is 2. The van der Waals surface area contributed by atoms with E-state index in [0.29, 0.717) is 23.5 Å². The largest absolute Gasteiger partial charge is 0.506 e. The lowest BCUT2D eigenvalue weighted by atomic mass is 10.1. The molecule has 0 aliphatic heterocycles. The first-order valence-electron chi connectivity index (χ1n) is 10.00. The first-order chi connectivity index (χ1) is 15.5. The maximum Gasteiger partial charge on any atom is 0.271 e. The number of phenols is 2. The maximum atomic E-state index is 12.2. The highest BCUT2D eigenvalue weighted by atomic mass is 35.5. The fourth-order valence-electron chi connectivity index (χ4n) is 2.97. The highest BCUT2D eigenvalue weighted by molar-refractivity contribution is 6.32. The molecule has 6 nitrogen and oxygen atoms in total. The monoisotopic (exact) mass is 450 g/mol. The van der Waals surface area contributed by atoms with E-state index < -0.39 is 5.91 Å². The van der Waals surface area contributed by atoms with Gasteiger partial charge in [0.1, 0.15) is 5.75 Å². The van der Waals surface area contributed by atoms with Crippen LogP contribution in [-0.4, -0.2) is 28.9 Å². The predicted octanol–water partition coefficient (Wildman–Crippen LogP) is 5.17. The summed E-state index contributed by atoms with van der Waals surface area (Å²) in [7, 11) is 0. The number of hydrazone groups is 1. The van der Waals surface area contributed by atoms with Crippen LogP contribution >= 0.6 is 11.6 Å². The fraction of sp³-hybridized carbons (Fsp3) is 0.120. The van der Waals surface area contributed by atoms with Crippen LogP contribution in [0.2, 0.25) is 5.02 Å². The molecule has 3 rings (SSSR count). The Morgan fingerprint density at radius 1 is 1.09 bits per heavy atom. The van der Waals surface area contributed by atoms with Crippen molar-refractivity contribution in [1.29, 1.82) is 0 Å². The zero-order valence-electron chi connectivity index (χ0n) is 17.5. The van der Waals surface area contributed by atoms with E-state index in [0.717, 1.165) is 6.42 Å². The van der Waals surface area contributed by atoms with Gasteiger partial charge in [0.25, 0.3) is 5.91 Å². The summed E-state index contributed by atoms with van der Waals surface area (Å²) in [5, 5.41) is 23.9. The number of rotatable bonds is 8. The zero-order chi connectivity index (χ0) is 22.9. The summed E-state index contributed by atoms with van der Waals surface area (Å²) in [6, 6.07) is 17.4. The molecule has 0 unspecified atom stereocenters. The van der Waals surface area contributed by atoms with Gasteiger partial charge in [-0.05, 0) is 54.8 Å². The van der Waals surface area contributed by atoms with E-state index in [4.69, 9.17) is 16.3 Å². The second-order valence-electron chi connectivity index (χ2n) is 6.85. The third kappa shape index (κ3) is 6.12. The van der Waals surface area contributed by atoms with E-state index in [2.05, 4.69) is 10.5 Å². The van der Waals surface area contributed by atoms with Gasteiger partial charge in [-0.2, -0.15) is 5.10 Å². The van der Waals surface area contributed by atoms with Gasteiger partial charge in [0.15, 0.2) is 11.5 Å². The molecule has 3 N–H and O–H groups in total. The van der Waals surface area contributed by atoms with Crippen LogP contribution in [0.1, 0.15) is 34.0 Å². The Labute approximate surface area is 191 Å². The molecule has 164 valence electrons. The summed E-state index contributed by atoms with van der Waals surface area (Å²) in [4.78, 5) is 12.2. The Balaban J connectivity index is 1.75. The number of halogens is 1. The van der Waals surface area contributed by atoms with E-state index in [1.165, 1.54) is 36.0 Å². The number of aromatic hydroxyl groups is 2. The molecule has 32 heavy (non-hydrogen) atoms. The molecule has 0 fully saturated rings. The highest BCUT2D eigenvalue weighted by Gasteiger charge is 2.10. The van der Waals surface area contributed by atoms with Gasteiger partial charge in [-0.25, -0.2) is 5.43 Å². The van der Waals surface area contributed by atoms with Gasteiger partial charge in [0, 0.05) is 11.1 Å². The van der Waals surface area contributed by atoms with Crippen molar-refractivity contribution in [3.05, 3.63) is 94.0 Å². The number of nitrogens with one attached hydrogen (secondary N) is 1. The van der Waals surface area contributed by atoms with Crippen molar-refractivity contribution in [2.24, 2.45) is 5.10 Å². The van der Waals surface area contributed by atoms with Crippen LogP contribution in [0.3, 0.4) is 0 Å². The Kier molecular flexibility index (Phi) is 7.89. The van der Waals surface area contributed by atoms with Crippen molar-refractivity contribution in [3.63, 3.8) is 0 Å². The van der Waals surface area contributed by atoms with E-state index in [9.17, 15) is 15.0 Å². The fourth-order valence-corrected chi connectivity index (χ4v) is 3.15. The minimum Gasteiger partial charge on any atom is -0.506 e. The molecule has 0 aliphatic rings. The molecule has 0 radical (unpaired) electrons. The van der Waals surface area contributed by atoms with Crippen LogP contribution < -0.4 is 10.2 Å². The quantitative estimate of drug-likeness (QED) is 0.326. The van der Waals surface area contributed by atoms with Gasteiger partial charge in [-0.3, -0.25) is 4.79 Å². The van der Waals surface area contributed by atoms with Crippen molar-refractivity contribution < 1.29 is 19.7 Å². The smallest absolute Gasteiger partial charge is 0.271 e. The Hall–Kier alpha value is -3.77. The summed E-state index contributed by atoms with van der Waals surface area (Å²) in [5.74, 6) is -0.228. The molecule has 0 aromatic heterocycles. The lowest BCUT2D eigenvalue weighted by molar-refractivity contribution is 0.0955. The van der Waals surface area contributed by atoms with E-state index >= 15 is 0 Å². The topological polar surface area (TPSA) is 91.2 Å². The van der Waals surface area contributed by atoms with Gasteiger partial charge < -0.3 is 14.9 Å². The second-order valence-corrected chi connectivity index (χ2v) is 7.26. The van der Waals surface area contributed by atoms with Crippen LogP contribution in [0.15, 0.2) is 71.8 Å². The van der Waals surface area contributed by atoms with E-state index in [1.807, 2.05) is 49.4 Å². The molecule has 0 atom stereocenters. The summed E-state index contributed by atoms with van der Waals surface area (Å²) in [5.41, 5.74) is 5.09. The molecule has 0 bridgehead atoms. The number of ether oxygens (including phenoxy) is 1.